The Kier molecular flexibility index (Phi) is 5.26. The van der Waals surface area contributed by atoms with Crippen LogP contribution in [-0.2, 0) is 17.1 Å². The molecule has 1 aromatic rings. The van der Waals surface area contributed by atoms with Gasteiger partial charge in [0.1, 0.15) is 11.6 Å². The van der Waals surface area contributed by atoms with Gasteiger partial charge in [0.05, 0.1) is 18.1 Å². The van der Waals surface area contributed by atoms with Gasteiger partial charge in [0.2, 0.25) is 0 Å². The average molecular weight is 267 g/mol. The number of ether oxygens (including phenoxy) is 1. The molecule has 1 fully saturated rings. The third-order valence-electron chi connectivity index (χ3n) is 3.12. The van der Waals surface area contributed by atoms with Crippen LogP contribution in [0.1, 0.15) is 37.2 Å². The lowest BCUT2D eigenvalue weighted by Gasteiger charge is -2.10. The minimum Gasteiger partial charge on any atom is -0.378 e. The third-order valence-corrected chi connectivity index (χ3v) is 4.49. The first-order valence-electron chi connectivity index (χ1n) is 6.47. The van der Waals surface area contributed by atoms with Crippen molar-refractivity contribution in [1.29, 1.82) is 0 Å². The maximum atomic E-state index is 5.14. The molecule has 1 aliphatic rings. The molecule has 1 heterocycles. The van der Waals surface area contributed by atoms with E-state index in [0.717, 1.165) is 28.3 Å². The summed E-state index contributed by atoms with van der Waals surface area (Å²) in [5.74, 6) is 2.68. The highest BCUT2D eigenvalue weighted by molar-refractivity contribution is 7.99. The standard InChI is InChI=1S/C13H21N3OS/c1-14-12-7-10(8-17-2)15-13(16-12)9-18-11-5-3-4-6-11/h7,11H,3-6,8-9H2,1-2H3,(H,14,15,16). The van der Waals surface area contributed by atoms with E-state index in [0.29, 0.717) is 6.61 Å². The molecule has 5 heteroatoms. The topological polar surface area (TPSA) is 47.0 Å². The largest absolute Gasteiger partial charge is 0.378 e. The van der Waals surface area contributed by atoms with Crippen LogP contribution in [0.2, 0.25) is 0 Å². The molecule has 0 aromatic carbocycles. The third kappa shape index (κ3) is 3.85. The van der Waals surface area contributed by atoms with Crippen molar-refractivity contribution in [3.05, 3.63) is 17.6 Å². The van der Waals surface area contributed by atoms with Crippen LogP contribution in [0.5, 0.6) is 0 Å². The molecule has 0 spiro atoms. The fourth-order valence-electron chi connectivity index (χ4n) is 2.21. The van der Waals surface area contributed by atoms with Crippen molar-refractivity contribution in [2.45, 2.75) is 43.3 Å². The molecule has 1 aliphatic carbocycles. The lowest BCUT2D eigenvalue weighted by Crippen LogP contribution is -2.05. The first kappa shape index (κ1) is 13.6. The lowest BCUT2D eigenvalue weighted by atomic mass is 10.4. The number of anilines is 1. The first-order valence-corrected chi connectivity index (χ1v) is 7.52. The van der Waals surface area contributed by atoms with Gasteiger partial charge in [0.25, 0.3) is 0 Å². The second-order valence-electron chi connectivity index (χ2n) is 4.56. The van der Waals surface area contributed by atoms with Gasteiger partial charge in [-0.15, -0.1) is 0 Å². The maximum absolute atomic E-state index is 5.14. The highest BCUT2D eigenvalue weighted by atomic mass is 32.2. The zero-order valence-corrected chi connectivity index (χ0v) is 11.9. The highest BCUT2D eigenvalue weighted by Gasteiger charge is 2.16. The number of nitrogens with one attached hydrogen (secondary N) is 1. The first-order chi connectivity index (χ1) is 8.81. The quantitative estimate of drug-likeness (QED) is 0.858. The highest BCUT2D eigenvalue weighted by Crippen LogP contribution is 2.31. The minimum atomic E-state index is 0.540. The maximum Gasteiger partial charge on any atom is 0.140 e. The molecule has 0 saturated heterocycles. The van der Waals surface area contributed by atoms with Crippen molar-refractivity contribution < 1.29 is 4.74 Å². The molecule has 0 unspecified atom stereocenters. The Labute approximate surface area is 113 Å². The van der Waals surface area contributed by atoms with Gasteiger partial charge < -0.3 is 10.1 Å². The molecule has 18 heavy (non-hydrogen) atoms. The van der Waals surface area contributed by atoms with Gasteiger partial charge >= 0.3 is 0 Å². The molecular weight excluding hydrogens is 246 g/mol. The summed E-state index contributed by atoms with van der Waals surface area (Å²) in [7, 11) is 3.57. The molecule has 1 saturated carbocycles. The SMILES string of the molecule is CNc1cc(COC)nc(CSC2CCCC2)n1. The fourth-order valence-corrected chi connectivity index (χ4v) is 3.39. The molecule has 0 bridgehead atoms. The molecule has 4 nitrogen and oxygen atoms in total. The molecule has 0 radical (unpaired) electrons. The fraction of sp³-hybridized carbons (Fsp3) is 0.692. The van der Waals surface area contributed by atoms with Crippen molar-refractivity contribution in [1.82, 2.24) is 9.97 Å². The van der Waals surface area contributed by atoms with Gasteiger partial charge in [-0.1, -0.05) is 12.8 Å². The van der Waals surface area contributed by atoms with E-state index in [1.165, 1.54) is 25.7 Å². The normalized spacial score (nSPS) is 16.1. The van der Waals surface area contributed by atoms with Crippen molar-refractivity contribution in [3.8, 4) is 0 Å². The number of hydrogen-bond donors (Lipinski definition) is 1. The van der Waals surface area contributed by atoms with E-state index in [1.807, 2.05) is 24.9 Å². The number of rotatable bonds is 6. The zero-order valence-electron chi connectivity index (χ0n) is 11.1. The second kappa shape index (κ2) is 6.95. The number of aromatic nitrogens is 2. The van der Waals surface area contributed by atoms with Crippen molar-refractivity contribution in [2.24, 2.45) is 0 Å². The van der Waals surface area contributed by atoms with Gasteiger partial charge in [0.15, 0.2) is 0 Å². The van der Waals surface area contributed by atoms with E-state index < -0.39 is 0 Å². The molecule has 0 aliphatic heterocycles. The molecule has 0 atom stereocenters. The van der Waals surface area contributed by atoms with E-state index in [2.05, 4.69) is 15.3 Å². The van der Waals surface area contributed by atoms with Crippen LogP contribution in [0, 0.1) is 0 Å². The Hall–Kier alpha value is -0.810. The molecule has 1 aromatic heterocycles. The summed E-state index contributed by atoms with van der Waals surface area (Å²) in [6, 6.07) is 1.94. The van der Waals surface area contributed by atoms with Gasteiger partial charge in [-0.3, -0.25) is 0 Å². The van der Waals surface area contributed by atoms with Crippen LogP contribution >= 0.6 is 11.8 Å². The summed E-state index contributed by atoms with van der Waals surface area (Å²) >= 11 is 1.99. The van der Waals surface area contributed by atoms with Crippen LogP contribution in [0.25, 0.3) is 0 Å². The summed E-state index contributed by atoms with van der Waals surface area (Å²) in [6.07, 6.45) is 5.45. The summed E-state index contributed by atoms with van der Waals surface area (Å²) in [5.41, 5.74) is 0.943. The number of methoxy groups -OCH3 is 1. The molecule has 100 valence electrons. The van der Waals surface area contributed by atoms with E-state index >= 15 is 0 Å². The Morgan fingerprint density at radius 3 is 2.83 bits per heavy atom. The van der Waals surface area contributed by atoms with E-state index in [1.54, 1.807) is 7.11 Å². The van der Waals surface area contributed by atoms with Crippen LogP contribution in [0.3, 0.4) is 0 Å². The van der Waals surface area contributed by atoms with Gasteiger partial charge in [-0.05, 0) is 12.8 Å². The second-order valence-corrected chi connectivity index (χ2v) is 5.85. The smallest absolute Gasteiger partial charge is 0.140 e. The van der Waals surface area contributed by atoms with Crippen LogP contribution in [-0.4, -0.2) is 29.4 Å². The summed E-state index contributed by atoms with van der Waals surface area (Å²) in [5, 5.41) is 3.88. The predicted octanol–water partition coefficient (Wildman–Crippen LogP) is 2.84. The van der Waals surface area contributed by atoms with E-state index in [-0.39, 0.29) is 0 Å². The van der Waals surface area contributed by atoms with Gasteiger partial charge in [-0.2, -0.15) is 11.8 Å². The van der Waals surface area contributed by atoms with Gasteiger partial charge in [-0.25, -0.2) is 9.97 Å². The van der Waals surface area contributed by atoms with E-state index in [9.17, 15) is 0 Å². The van der Waals surface area contributed by atoms with Gasteiger partial charge in [0, 0.05) is 25.5 Å². The van der Waals surface area contributed by atoms with Crippen molar-refractivity contribution in [3.63, 3.8) is 0 Å². The summed E-state index contributed by atoms with van der Waals surface area (Å²) < 4.78 is 5.14. The van der Waals surface area contributed by atoms with Crippen LogP contribution < -0.4 is 5.32 Å². The number of thioether (sulfide) groups is 1. The summed E-state index contributed by atoms with van der Waals surface area (Å²) in [4.78, 5) is 9.03. The van der Waals surface area contributed by atoms with Crippen molar-refractivity contribution in [2.75, 3.05) is 19.5 Å². The van der Waals surface area contributed by atoms with E-state index in [4.69, 9.17) is 4.74 Å². The number of nitrogens with zero attached hydrogens (tertiary/aromatic N) is 2. The Bertz CT molecular complexity index is 380. The monoisotopic (exact) mass is 267 g/mol. The molecule has 0 amide bonds. The minimum absolute atomic E-state index is 0.540. The molecular formula is C13H21N3OS. The Balaban J connectivity index is 1.98. The predicted molar refractivity (Wildman–Crippen MR) is 75.8 cm³/mol. The number of hydrogen-bond acceptors (Lipinski definition) is 5. The van der Waals surface area contributed by atoms with Crippen molar-refractivity contribution >= 4 is 17.6 Å². The van der Waals surface area contributed by atoms with Crippen LogP contribution in [0.15, 0.2) is 6.07 Å². The summed E-state index contributed by atoms with van der Waals surface area (Å²) in [6.45, 7) is 0.540. The Morgan fingerprint density at radius 2 is 2.17 bits per heavy atom. The average Bonchev–Trinajstić information content (AvgIpc) is 2.89. The zero-order chi connectivity index (χ0) is 12.8. The van der Waals surface area contributed by atoms with Crippen LogP contribution in [0.4, 0.5) is 5.82 Å². The molecule has 2 rings (SSSR count). The lowest BCUT2D eigenvalue weighted by molar-refractivity contribution is 0.181. The molecule has 1 N–H and O–H groups in total. The Morgan fingerprint density at radius 1 is 1.39 bits per heavy atom.